The number of aliphatic hydroxyl groups excluding tert-OH is 4. The van der Waals surface area contributed by atoms with Gasteiger partial charge in [-0.1, -0.05) is 206 Å². The molecular weight excluding hydrogens is 622 g/mol. The Bertz CT molecular complexity index is 717. The monoisotopic (exact) mass is 710 g/mol. The zero-order chi connectivity index (χ0) is 36.8. The molecule has 0 aromatic heterocycles. The molecule has 0 rings (SSSR count). The quantitative estimate of drug-likeness (QED) is 0.0321. The maximum atomic E-state index is 12.3. The average molecular weight is 710 g/mol. The number of hydrogen-bond acceptors (Lipinski definition) is 5. The third-order valence-electron chi connectivity index (χ3n) is 10.5. The Balaban J connectivity index is 3.43. The van der Waals surface area contributed by atoms with Crippen molar-refractivity contribution >= 4 is 5.91 Å². The third-order valence-corrected chi connectivity index (χ3v) is 10.5. The van der Waals surface area contributed by atoms with Crippen molar-refractivity contribution < 1.29 is 25.2 Å². The maximum absolute atomic E-state index is 12.3. The fourth-order valence-electron chi connectivity index (χ4n) is 6.93. The average Bonchev–Trinajstić information content (AvgIpc) is 3.12. The van der Waals surface area contributed by atoms with Crippen LogP contribution < -0.4 is 5.32 Å². The smallest absolute Gasteiger partial charge is 0.249 e. The van der Waals surface area contributed by atoms with Crippen LogP contribution in [0.2, 0.25) is 0 Å². The van der Waals surface area contributed by atoms with Gasteiger partial charge in [-0.15, -0.1) is 0 Å². The van der Waals surface area contributed by atoms with Gasteiger partial charge < -0.3 is 25.7 Å². The molecule has 0 bridgehead atoms. The number of rotatable bonds is 40. The first-order valence-electron chi connectivity index (χ1n) is 22.1. The Labute approximate surface area is 311 Å². The van der Waals surface area contributed by atoms with Crippen LogP contribution in [0, 0.1) is 0 Å². The van der Waals surface area contributed by atoms with Gasteiger partial charge in [0.15, 0.2) is 0 Å². The van der Waals surface area contributed by atoms with Crippen LogP contribution in [0.25, 0.3) is 0 Å². The van der Waals surface area contributed by atoms with Crippen LogP contribution in [0.3, 0.4) is 0 Å². The second-order valence-corrected chi connectivity index (χ2v) is 15.4. The van der Waals surface area contributed by atoms with E-state index in [0.29, 0.717) is 12.8 Å². The summed E-state index contributed by atoms with van der Waals surface area (Å²) >= 11 is 0. The Kier molecular flexibility index (Phi) is 38.5. The first-order valence-corrected chi connectivity index (χ1v) is 22.1. The lowest BCUT2D eigenvalue weighted by atomic mass is 10.00. The molecule has 0 radical (unpaired) electrons. The standard InChI is InChI=1S/C44H87NO5/c1-3-5-7-8-9-10-11-12-13-14-15-16-17-18-19-20-21-22-23-24-25-26-27-28-29-30-31-32-33-34-36-38-42(48)44(50)45-40(39-46)43(49)41(47)37-35-6-4-2/h18-19,40-43,46-49H,3-17,20-39H2,1-2H3,(H,45,50)/b19-18-. The lowest BCUT2D eigenvalue weighted by molar-refractivity contribution is -0.132. The van der Waals surface area contributed by atoms with Crippen molar-refractivity contribution in [3.8, 4) is 0 Å². The number of carbonyl (C=O) groups excluding carboxylic acids is 1. The number of nitrogens with one attached hydrogen (secondary N) is 1. The lowest BCUT2D eigenvalue weighted by Gasteiger charge is -2.27. The van der Waals surface area contributed by atoms with E-state index < -0.39 is 36.9 Å². The van der Waals surface area contributed by atoms with E-state index in [4.69, 9.17) is 0 Å². The zero-order valence-corrected chi connectivity index (χ0v) is 33.4. The Morgan fingerprint density at radius 3 is 1.18 bits per heavy atom. The summed E-state index contributed by atoms with van der Waals surface area (Å²) in [6.45, 7) is 3.87. The highest BCUT2D eigenvalue weighted by Gasteiger charge is 2.28. The molecular formula is C44H87NO5. The molecule has 0 aliphatic rings. The minimum absolute atomic E-state index is 0.371. The molecule has 1 amide bonds. The van der Waals surface area contributed by atoms with Gasteiger partial charge in [0.2, 0.25) is 5.91 Å². The molecule has 0 heterocycles. The maximum Gasteiger partial charge on any atom is 0.249 e. The molecule has 0 fully saturated rings. The van der Waals surface area contributed by atoms with Crippen molar-refractivity contribution in [1.29, 1.82) is 0 Å². The largest absolute Gasteiger partial charge is 0.394 e. The van der Waals surface area contributed by atoms with Crippen molar-refractivity contribution in [2.24, 2.45) is 0 Å². The zero-order valence-electron chi connectivity index (χ0n) is 33.4. The van der Waals surface area contributed by atoms with Crippen LogP contribution in [0.5, 0.6) is 0 Å². The first-order chi connectivity index (χ1) is 24.5. The Morgan fingerprint density at radius 2 is 0.800 bits per heavy atom. The summed E-state index contributed by atoms with van der Waals surface area (Å²) in [6, 6.07) is -0.977. The predicted octanol–water partition coefficient (Wildman–Crippen LogP) is 11.4. The normalized spacial score (nSPS) is 14.3. The highest BCUT2D eigenvalue weighted by molar-refractivity contribution is 5.80. The topological polar surface area (TPSA) is 110 Å². The molecule has 0 saturated heterocycles. The molecule has 5 N–H and O–H groups in total. The van der Waals surface area contributed by atoms with Crippen LogP contribution in [0.1, 0.15) is 232 Å². The molecule has 4 unspecified atom stereocenters. The van der Waals surface area contributed by atoms with E-state index in [9.17, 15) is 25.2 Å². The number of carbonyl (C=O) groups is 1. The molecule has 6 heteroatoms. The van der Waals surface area contributed by atoms with Crippen LogP contribution in [0.4, 0.5) is 0 Å². The van der Waals surface area contributed by atoms with Crippen LogP contribution in [-0.4, -0.2) is 57.3 Å². The Morgan fingerprint density at radius 1 is 0.480 bits per heavy atom. The molecule has 0 saturated carbocycles. The van der Waals surface area contributed by atoms with E-state index in [0.717, 1.165) is 38.5 Å². The number of hydrogen-bond donors (Lipinski definition) is 5. The van der Waals surface area contributed by atoms with E-state index in [-0.39, 0.29) is 0 Å². The fraction of sp³-hybridized carbons (Fsp3) is 0.932. The summed E-state index contributed by atoms with van der Waals surface area (Å²) in [4.78, 5) is 12.3. The minimum atomic E-state index is -1.25. The summed E-state index contributed by atoms with van der Waals surface area (Å²) in [5.74, 6) is -0.591. The summed E-state index contributed by atoms with van der Waals surface area (Å²) in [5, 5.41) is 42.7. The summed E-state index contributed by atoms with van der Waals surface area (Å²) in [5.41, 5.74) is 0. The molecule has 0 aromatic rings. The molecule has 0 aromatic carbocycles. The lowest BCUT2D eigenvalue weighted by Crippen LogP contribution is -2.53. The minimum Gasteiger partial charge on any atom is -0.394 e. The van der Waals surface area contributed by atoms with Crippen molar-refractivity contribution in [3.63, 3.8) is 0 Å². The number of amides is 1. The van der Waals surface area contributed by atoms with Gasteiger partial charge in [0.1, 0.15) is 12.2 Å². The molecule has 0 aliphatic carbocycles. The van der Waals surface area contributed by atoms with E-state index in [1.54, 1.807) is 0 Å². The molecule has 298 valence electrons. The van der Waals surface area contributed by atoms with Crippen LogP contribution in [-0.2, 0) is 4.79 Å². The van der Waals surface area contributed by atoms with Gasteiger partial charge in [0.25, 0.3) is 0 Å². The van der Waals surface area contributed by atoms with E-state index in [1.165, 1.54) is 167 Å². The molecule has 0 spiro atoms. The van der Waals surface area contributed by atoms with E-state index in [1.807, 2.05) is 0 Å². The summed E-state index contributed by atoms with van der Waals surface area (Å²) < 4.78 is 0. The van der Waals surface area contributed by atoms with Gasteiger partial charge in [-0.25, -0.2) is 0 Å². The second-order valence-electron chi connectivity index (χ2n) is 15.4. The van der Waals surface area contributed by atoms with Crippen molar-refractivity contribution in [3.05, 3.63) is 12.2 Å². The fourth-order valence-corrected chi connectivity index (χ4v) is 6.93. The van der Waals surface area contributed by atoms with Crippen LogP contribution in [0.15, 0.2) is 12.2 Å². The second kappa shape index (κ2) is 39.3. The van der Waals surface area contributed by atoms with Crippen molar-refractivity contribution in [2.45, 2.75) is 257 Å². The predicted molar refractivity (Wildman–Crippen MR) is 215 cm³/mol. The van der Waals surface area contributed by atoms with Gasteiger partial charge in [0.05, 0.1) is 18.8 Å². The molecule has 50 heavy (non-hydrogen) atoms. The summed E-state index contributed by atoms with van der Waals surface area (Å²) in [6.07, 6.45) is 43.6. The van der Waals surface area contributed by atoms with Gasteiger partial charge >= 0.3 is 0 Å². The number of unbranched alkanes of at least 4 members (excludes halogenated alkanes) is 29. The number of aliphatic hydroxyl groups is 4. The van der Waals surface area contributed by atoms with Crippen molar-refractivity contribution in [1.82, 2.24) is 5.32 Å². The van der Waals surface area contributed by atoms with Gasteiger partial charge in [-0.3, -0.25) is 4.79 Å². The molecule has 0 aliphatic heterocycles. The highest BCUT2D eigenvalue weighted by Crippen LogP contribution is 2.16. The van der Waals surface area contributed by atoms with Gasteiger partial charge in [-0.05, 0) is 38.5 Å². The first kappa shape index (κ1) is 49.0. The highest BCUT2D eigenvalue weighted by atomic mass is 16.3. The summed E-state index contributed by atoms with van der Waals surface area (Å²) in [7, 11) is 0. The van der Waals surface area contributed by atoms with E-state index in [2.05, 4.69) is 31.3 Å². The Hall–Kier alpha value is -0.950. The van der Waals surface area contributed by atoms with Gasteiger partial charge in [0, 0.05) is 0 Å². The SMILES string of the molecule is CCCCCCCCCCCCCC/C=C\CCCCCCCCCCCCCCCCCC(O)C(=O)NC(CO)C(O)C(O)CCCCC. The van der Waals surface area contributed by atoms with Gasteiger partial charge in [-0.2, -0.15) is 0 Å². The third kappa shape index (κ3) is 32.9. The molecule has 6 nitrogen and oxygen atoms in total. The molecule has 4 atom stereocenters. The van der Waals surface area contributed by atoms with E-state index >= 15 is 0 Å². The van der Waals surface area contributed by atoms with Crippen molar-refractivity contribution in [2.75, 3.05) is 6.61 Å². The number of allylic oxidation sites excluding steroid dienone is 2. The van der Waals surface area contributed by atoms with Crippen LogP contribution >= 0.6 is 0 Å².